The fourth-order valence-electron chi connectivity index (χ4n) is 2.60. The Bertz CT molecular complexity index is 1020. The summed E-state index contributed by atoms with van der Waals surface area (Å²) >= 11 is 1.15. The molecule has 2 aromatic carbocycles. The molecule has 1 heterocycles. The van der Waals surface area contributed by atoms with Gasteiger partial charge in [0.15, 0.2) is 5.13 Å². The quantitative estimate of drug-likeness (QED) is 0.587. The molecular weight excluding hydrogens is 413 g/mol. The van der Waals surface area contributed by atoms with Crippen molar-refractivity contribution in [1.29, 1.82) is 0 Å². The summed E-state index contributed by atoms with van der Waals surface area (Å²) in [7, 11) is -1.17. The van der Waals surface area contributed by atoms with Crippen molar-refractivity contribution in [3.05, 3.63) is 71.4 Å². The smallest absolute Gasteiger partial charge is 0.315 e. The van der Waals surface area contributed by atoms with Gasteiger partial charge in [0.2, 0.25) is 0 Å². The van der Waals surface area contributed by atoms with Gasteiger partial charge in [-0.05, 0) is 29.8 Å². The van der Waals surface area contributed by atoms with E-state index in [0.29, 0.717) is 11.3 Å². The molecule has 2 amide bonds. The van der Waals surface area contributed by atoms with Crippen LogP contribution in [0.1, 0.15) is 11.6 Å². The molecule has 1 aromatic heterocycles. The predicted molar refractivity (Wildman–Crippen MR) is 112 cm³/mol. The van der Waals surface area contributed by atoms with E-state index < -0.39 is 28.7 Å². The minimum Gasteiger partial charge on any atom is -0.340 e. The molecule has 0 aliphatic heterocycles. The zero-order valence-electron chi connectivity index (χ0n) is 15.4. The molecule has 9 heteroatoms. The first-order chi connectivity index (χ1) is 13.9. The highest BCUT2D eigenvalue weighted by Crippen LogP contribution is 2.25. The number of anilines is 1. The molecule has 0 aliphatic carbocycles. The molecule has 0 aliphatic rings. The third-order valence-corrected chi connectivity index (χ3v) is 5.54. The van der Waals surface area contributed by atoms with Crippen LogP contribution in [-0.4, -0.2) is 33.0 Å². The van der Waals surface area contributed by atoms with Gasteiger partial charge in [-0.15, -0.1) is 11.3 Å². The number of thiazole rings is 1. The van der Waals surface area contributed by atoms with Gasteiger partial charge >= 0.3 is 11.8 Å². The molecule has 2 N–H and O–H groups in total. The molecule has 0 saturated carbocycles. The molecule has 0 fully saturated rings. The third kappa shape index (κ3) is 5.78. The normalized spacial score (nSPS) is 12.8. The average molecular weight is 432 g/mol. The Hall–Kier alpha value is -2.91. The Labute approximate surface area is 173 Å². The summed E-state index contributed by atoms with van der Waals surface area (Å²) in [5, 5.41) is 7.03. The summed E-state index contributed by atoms with van der Waals surface area (Å²) < 4.78 is 24.7. The van der Waals surface area contributed by atoms with Crippen LogP contribution in [0.25, 0.3) is 11.3 Å². The Balaban J connectivity index is 1.66. The zero-order valence-corrected chi connectivity index (χ0v) is 17.1. The van der Waals surface area contributed by atoms with Crippen LogP contribution in [0.2, 0.25) is 0 Å². The fourth-order valence-corrected chi connectivity index (χ4v) is 4.06. The highest BCUT2D eigenvalue weighted by Gasteiger charge is 2.22. The van der Waals surface area contributed by atoms with Gasteiger partial charge in [0, 0.05) is 33.8 Å². The van der Waals surface area contributed by atoms with Crippen LogP contribution in [0, 0.1) is 5.82 Å². The maximum absolute atomic E-state index is 13.0. The Morgan fingerprint density at radius 1 is 1.10 bits per heavy atom. The largest absolute Gasteiger partial charge is 0.340 e. The standard InChI is InChI=1S/C20H18FN3O3S2/c1-29(27)12-17(13-5-3-2-4-6-13)22-18(25)19(26)24-20-23-16(11-28-20)14-7-9-15(21)10-8-14/h2-11,17H,12H2,1H3,(H,22,25)(H,23,24,26). The van der Waals surface area contributed by atoms with E-state index in [0.717, 1.165) is 16.9 Å². The van der Waals surface area contributed by atoms with E-state index in [4.69, 9.17) is 0 Å². The first kappa shape index (κ1) is 20.8. The second-order valence-corrected chi connectivity index (χ2v) is 8.51. The molecule has 2 atom stereocenters. The first-order valence-corrected chi connectivity index (χ1v) is 11.2. The fraction of sp³-hybridized carbons (Fsp3) is 0.150. The van der Waals surface area contributed by atoms with Crippen molar-refractivity contribution in [1.82, 2.24) is 10.3 Å². The van der Waals surface area contributed by atoms with E-state index in [-0.39, 0.29) is 16.7 Å². The van der Waals surface area contributed by atoms with Crippen LogP contribution >= 0.6 is 11.3 Å². The van der Waals surface area contributed by atoms with Gasteiger partial charge in [0.1, 0.15) is 5.82 Å². The molecule has 0 saturated heterocycles. The second-order valence-electron chi connectivity index (χ2n) is 6.18. The Morgan fingerprint density at radius 2 is 1.79 bits per heavy atom. The number of carbonyl (C=O) groups excluding carboxylic acids is 2. The van der Waals surface area contributed by atoms with E-state index in [1.54, 1.807) is 41.8 Å². The lowest BCUT2D eigenvalue weighted by molar-refractivity contribution is -0.136. The van der Waals surface area contributed by atoms with Crippen LogP contribution in [-0.2, 0) is 20.4 Å². The Kier molecular flexibility index (Phi) is 6.84. The molecule has 150 valence electrons. The topological polar surface area (TPSA) is 88.2 Å². The van der Waals surface area contributed by atoms with E-state index in [9.17, 15) is 18.2 Å². The third-order valence-electron chi connectivity index (χ3n) is 3.98. The number of carbonyl (C=O) groups is 2. The summed E-state index contributed by atoms with van der Waals surface area (Å²) in [6.45, 7) is 0. The van der Waals surface area contributed by atoms with Crippen LogP contribution in [0.3, 0.4) is 0 Å². The van der Waals surface area contributed by atoms with Crippen molar-refractivity contribution >= 4 is 39.1 Å². The molecule has 3 rings (SSSR count). The maximum Gasteiger partial charge on any atom is 0.315 e. The van der Waals surface area contributed by atoms with Crippen molar-refractivity contribution in [3.63, 3.8) is 0 Å². The van der Waals surface area contributed by atoms with E-state index in [2.05, 4.69) is 15.6 Å². The molecular formula is C20H18FN3O3S2. The van der Waals surface area contributed by atoms with Gasteiger partial charge in [-0.2, -0.15) is 0 Å². The number of hydrogen-bond acceptors (Lipinski definition) is 5. The molecule has 6 nitrogen and oxygen atoms in total. The van der Waals surface area contributed by atoms with Gasteiger partial charge in [0.25, 0.3) is 0 Å². The molecule has 3 aromatic rings. The van der Waals surface area contributed by atoms with E-state index >= 15 is 0 Å². The SMILES string of the molecule is CS(=O)CC(NC(=O)C(=O)Nc1nc(-c2ccc(F)cc2)cs1)c1ccccc1. The van der Waals surface area contributed by atoms with Crippen molar-refractivity contribution in [3.8, 4) is 11.3 Å². The van der Waals surface area contributed by atoms with Gasteiger partial charge < -0.3 is 5.32 Å². The van der Waals surface area contributed by atoms with Crippen molar-refractivity contribution in [2.75, 3.05) is 17.3 Å². The molecule has 0 spiro atoms. The average Bonchev–Trinajstić information content (AvgIpc) is 3.16. The lowest BCUT2D eigenvalue weighted by Crippen LogP contribution is -2.39. The molecule has 0 radical (unpaired) electrons. The summed E-state index contributed by atoms with van der Waals surface area (Å²) in [6, 6.07) is 14.3. The number of amides is 2. The molecule has 2 unspecified atom stereocenters. The first-order valence-electron chi connectivity index (χ1n) is 8.60. The Morgan fingerprint density at radius 3 is 2.45 bits per heavy atom. The second kappa shape index (κ2) is 9.53. The summed E-state index contributed by atoms with van der Waals surface area (Å²) in [5.74, 6) is -1.87. The van der Waals surface area contributed by atoms with Crippen molar-refractivity contribution in [2.24, 2.45) is 0 Å². The highest BCUT2D eigenvalue weighted by molar-refractivity contribution is 7.84. The predicted octanol–water partition coefficient (Wildman–Crippen LogP) is 3.12. The minimum atomic E-state index is -1.17. The number of rotatable bonds is 6. The lowest BCUT2D eigenvalue weighted by atomic mass is 10.1. The van der Waals surface area contributed by atoms with Crippen molar-refractivity contribution < 1.29 is 18.2 Å². The van der Waals surface area contributed by atoms with Gasteiger partial charge in [-0.25, -0.2) is 9.37 Å². The van der Waals surface area contributed by atoms with Crippen molar-refractivity contribution in [2.45, 2.75) is 6.04 Å². The van der Waals surface area contributed by atoms with Crippen LogP contribution in [0.15, 0.2) is 60.0 Å². The number of halogens is 1. The van der Waals surface area contributed by atoms with E-state index in [1.807, 2.05) is 6.07 Å². The van der Waals surface area contributed by atoms with Crippen LogP contribution in [0.5, 0.6) is 0 Å². The summed E-state index contributed by atoms with van der Waals surface area (Å²) in [4.78, 5) is 28.9. The monoisotopic (exact) mass is 431 g/mol. The van der Waals surface area contributed by atoms with Crippen LogP contribution in [0.4, 0.5) is 9.52 Å². The van der Waals surface area contributed by atoms with Gasteiger partial charge in [0.05, 0.1) is 11.7 Å². The molecule has 0 bridgehead atoms. The zero-order chi connectivity index (χ0) is 20.8. The van der Waals surface area contributed by atoms with Crippen LogP contribution < -0.4 is 10.6 Å². The highest BCUT2D eigenvalue weighted by atomic mass is 32.2. The summed E-state index contributed by atoms with van der Waals surface area (Å²) in [5.41, 5.74) is 2.02. The van der Waals surface area contributed by atoms with Gasteiger partial charge in [-0.1, -0.05) is 30.3 Å². The number of aromatic nitrogens is 1. The van der Waals surface area contributed by atoms with E-state index in [1.165, 1.54) is 18.4 Å². The number of hydrogen-bond donors (Lipinski definition) is 2. The number of benzene rings is 2. The lowest BCUT2D eigenvalue weighted by Gasteiger charge is -2.17. The summed E-state index contributed by atoms with van der Waals surface area (Å²) in [6.07, 6.45) is 1.54. The number of nitrogens with one attached hydrogen (secondary N) is 2. The minimum absolute atomic E-state index is 0.189. The molecule has 29 heavy (non-hydrogen) atoms. The maximum atomic E-state index is 13.0. The number of nitrogens with zero attached hydrogens (tertiary/aromatic N) is 1. The van der Waals surface area contributed by atoms with Gasteiger partial charge in [-0.3, -0.25) is 19.1 Å².